The molecule has 0 aliphatic heterocycles. The first-order valence-corrected chi connectivity index (χ1v) is 7.15. The lowest BCUT2D eigenvalue weighted by molar-refractivity contribution is -0.137. The Morgan fingerprint density at radius 1 is 1.12 bits per heavy atom. The van der Waals surface area contributed by atoms with Gasteiger partial charge in [-0.1, -0.05) is 18.2 Å². The summed E-state index contributed by atoms with van der Waals surface area (Å²) in [5, 5.41) is 12.3. The number of rotatable bonds is 8. The summed E-state index contributed by atoms with van der Waals surface area (Å²) < 4.78 is 15.4. The number of benzene rings is 1. The first kappa shape index (κ1) is 17.3. The van der Waals surface area contributed by atoms with E-state index >= 15 is 0 Å². The molecule has 0 aliphatic rings. The summed E-state index contributed by atoms with van der Waals surface area (Å²) in [5.41, 5.74) is 0.759. The van der Waals surface area contributed by atoms with Crippen molar-refractivity contribution < 1.29 is 24.1 Å². The molecule has 8 heteroatoms. The van der Waals surface area contributed by atoms with Gasteiger partial charge in [-0.05, 0) is 11.6 Å². The van der Waals surface area contributed by atoms with E-state index in [1.807, 2.05) is 18.2 Å². The molecule has 1 heterocycles. The average Bonchev–Trinajstić information content (AvgIpc) is 2.61. The Bertz CT molecular complexity index is 686. The lowest BCUT2D eigenvalue weighted by atomic mass is 10.1. The fraction of sp³-hybridized carbons (Fsp3) is 0.312. The summed E-state index contributed by atoms with van der Waals surface area (Å²) in [6.07, 6.45) is 0.197. The van der Waals surface area contributed by atoms with Crippen LogP contribution in [0.2, 0.25) is 0 Å². The molecule has 0 amide bonds. The summed E-state index contributed by atoms with van der Waals surface area (Å²) in [6.45, 7) is 0. The number of carboxylic acids is 1. The number of ether oxygens (including phenoxy) is 3. The fourth-order valence-corrected chi connectivity index (χ4v) is 2.13. The number of hydrogen-bond acceptors (Lipinski definition) is 7. The van der Waals surface area contributed by atoms with Gasteiger partial charge in [0.1, 0.15) is 11.8 Å². The monoisotopic (exact) mass is 333 g/mol. The van der Waals surface area contributed by atoms with Gasteiger partial charge in [0, 0.05) is 6.42 Å². The third kappa shape index (κ3) is 4.25. The number of aliphatic carboxylic acids is 1. The molecular weight excluding hydrogens is 314 g/mol. The van der Waals surface area contributed by atoms with Crippen molar-refractivity contribution in [3.63, 3.8) is 0 Å². The Morgan fingerprint density at radius 3 is 2.29 bits per heavy atom. The van der Waals surface area contributed by atoms with Crippen LogP contribution in [0.4, 0.5) is 5.95 Å². The minimum atomic E-state index is -1.04. The van der Waals surface area contributed by atoms with E-state index in [4.69, 9.17) is 14.2 Å². The number of carboxylic acid groups (broad SMARTS) is 1. The zero-order valence-corrected chi connectivity index (χ0v) is 13.6. The Balaban J connectivity index is 2.24. The van der Waals surface area contributed by atoms with Crippen molar-refractivity contribution in [1.29, 1.82) is 0 Å². The molecule has 0 spiro atoms. The van der Waals surface area contributed by atoms with Crippen molar-refractivity contribution in [3.8, 4) is 17.5 Å². The average molecular weight is 333 g/mol. The van der Waals surface area contributed by atoms with Crippen LogP contribution in [-0.4, -0.2) is 48.4 Å². The van der Waals surface area contributed by atoms with Gasteiger partial charge in [-0.25, -0.2) is 4.79 Å². The molecule has 0 aliphatic carbocycles. The largest absolute Gasteiger partial charge is 0.496 e. The third-order valence-corrected chi connectivity index (χ3v) is 3.32. The second-order valence-corrected chi connectivity index (χ2v) is 4.83. The molecule has 2 rings (SSSR count). The number of nitrogens with one attached hydrogen (secondary N) is 1. The normalized spacial score (nSPS) is 11.5. The molecule has 2 N–H and O–H groups in total. The van der Waals surface area contributed by atoms with Gasteiger partial charge >= 0.3 is 5.97 Å². The van der Waals surface area contributed by atoms with Crippen molar-refractivity contribution in [1.82, 2.24) is 9.97 Å². The molecule has 128 valence electrons. The van der Waals surface area contributed by atoms with Crippen LogP contribution < -0.4 is 19.5 Å². The van der Waals surface area contributed by atoms with Crippen LogP contribution in [-0.2, 0) is 11.2 Å². The molecule has 24 heavy (non-hydrogen) atoms. The Kier molecular flexibility index (Phi) is 5.78. The van der Waals surface area contributed by atoms with E-state index in [1.165, 1.54) is 27.4 Å². The zero-order valence-electron chi connectivity index (χ0n) is 13.6. The quantitative estimate of drug-likeness (QED) is 0.751. The van der Waals surface area contributed by atoms with Crippen LogP contribution in [0.3, 0.4) is 0 Å². The van der Waals surface area contributed by atoms with Gasteiger partial charge in [-0.3, -0.25) is 0 Å². The molecule has 2 aromatic rings. The first-order chi connectivity index (χ1) is 11.6. The van der Waals surface area contributed by atoms with E-state index in [-0.39, 0.29) is 24.1 Å². The Hall–Kier alpha value is -3.03. The van der Waals surface area contributed by atoms with Crippen LogP contribution in [0.5, 0.6) is 17.5 Å². The smallest absolute Gasteiger partial charge is 0.326 e. The summed E-state index contributed by atoms with van der Waals surface area (Å²) in [6, 6.07) is 7.78. The van der Waals surface area contributed by atoms with Crippen LogP contribution in [0.25, 0.3) is 0 Å². The number of nitrogens with zero attached hydrogens (tertiary/aromatic N) is 2. The highest BCUT2D eigenvalue weighted by molar-refractivity contribution is 5.77. The second kappa shape index (κ2) is 8.00. The van der Waals surface area contributed by atoms with Gasteiger partial charge in [-0.2, -0.15) is 9.97 Å². The van der Waals surface area contributed by atoms with Crippen LogP contribution >= 0.6 is 0 Å². The van der Waals surface area contributed by atoms with E-state index in [2.05, 4.69) is 15.3 Å². The number of anilines is 1. The van der Waals surface area contributed by atoms with Crippen LogP contribution in [0, 0.1) is 0 Å². The molecule has 0 radical (unpaired) electrons. The van der Waals surface area contributed by atoms with E-state index in [1.54, 1.807) is 6.07 Å². The molecule has 0 bridgehead atoms. The SMILES string of the molecule is COc1cc(OC)nc(NC(Cc2ccccc2OC)C(=O)O)n1. The standard InChI is InChI=1S/C16H19N3O5/c1-22-12-7-5-4-6-10(12)8-11(15(20)21)17-16-18-13(23-2)9-14(19-16)24-3/h4-7,9,11H,8H2,1-3H3,(H,20,21)(H,17,18,19). The fourth-order valence-electron chi connectivity index (χ4n) is 2.13. The topological polar surface area (TPSA) is 103 Å². The highest BCUT2D eigenvalue weighted by Crippen LogP contribution is 2.22. The van der Waals surface area contributed by atoms with Crippen LogP contribution in [0.15, 0.2) is 30.3 Å². The summed E-state index contributed by atoms with van der Waals surface area (Å²) >= 11 is 0. The minimum Gasteiger partial charge on any atom is -0.496 e. The van der Waals surface area contributed by atoms with E-state index < -0.39 is 12.0 Å². The van der Waals surface area contributed by atoms with Crippen molar-refractivity contribution in [3.05, 3.63) is 35.9 Å². The molecule has 1 aromatic carbocycles. The maximum absolute atomic E-state index is 11.6. The van der Waals surface area contributed by atoms with Crippen molar-refractivity contribution in [2.24, 2.45) is 0 Å². The summed E-state index contributed by atoms with van der Waals surface area (Å²) in [7, 11) is 4.45. The lowest BCUT2D eigenvalue weighted by Crippen LogP contribution is -2.32. The van der Waals surface area contributed by atoms with E-state index in [0.717, 1.165) is 5.56 Å². The van der Waals surface area contributed by atoms with Crippen LogP contribution in [0.1, 0.15) is 5.56 Å². The number of methoxy groups -OCH3 is 3. The number of aromatic nitrogens is 2. The number of para-hydroxylation sites is 1. The third-order valence-electron chi connectivity index (χ3n) is 3.32. The zero-order chi connectivity index (χ0) is 17.5. The van der Waals surface area contributed by atoms with Gasteiger partial charge in [0.15, 0.2) is 0 Å². The number of carbonyl (C=O) groups is 1. The predicted octanol–water partition coefficient (Wildman–Crippen LogP) is 1.61. The Labute approximate surface area is 139 Å². The maximum atomic E-state index is 11.6. The molecule has 0 saturated carbocycles. The highest BCUT2D eigenvalue weighted by Gasteiger charge is 2.21. The van der Waals surface area contributed by atoms with Gasteiger partial charge in [0.25, 0.3) is 0 Å². The predicted molar refractivity (Wildman–Crippen MR) is 86.9 cm³/mol. The second-order valence-electron chi connectivity index (χ2n) is 4.83. The van der Waals surface area contributed by atoms with E-state index in [9.17, 15) is 9.90 Å². The van der Waals surface area contributed by atoms with Crippen molar-refractivity contribution in [2.45, 2.75) is 12.5 Å². The van der Waals surface area contributed by atoms with Gasteiger partial charge < -0.3 is 24.6 Å². The summed E-state index contributed by atoms with van der Waals surface area (Å²) in [5.74, 6) is 0.228. The molecule has 1 unspecified atom stereocenters. The van der Waals surface area contributed by atoms with Gasteiger partial charge in [-0.15, -0.1) is 0 Å². The van der Waals surface area contributed by atoms with Gasteiger partial charge in [0.2, 0.25) is 17.7 Å². The molecule has 1 aromatic heterocycles. The molecular formula is C16H19N3O5. The minimum absolute atomic E-state index is 0.105. The van der Waals surface area contributed by atoms with Crippen molar-refractivity contribution in [2.75, 3.05) is 26.6 Å². The van der Waals surface area contributed by atoms with Crippen molar-refractivity contribution >= 4 is 11.9 Å². The van der Waals surface area contributed by atoms with Gasteiger partial charge in [0.05, 0.1) is 27.4 Å². The maximum Gasteiger partial charge on any atom is 0.326 e. The highest BCUT2D eigenvalue weighted by atomic mass is 16.5. The number of hydrogen-bond donors (Lipinski definition) is 2. The summed E-state index contributed by atoms with van der Waals surface area (Å²) in [4.78, 5) is 19.8. The Morgan fingerprint density at radius 2 is 1.75 bits per heavy atom. The van der Waals surface area contributed by atoms with E-state index in [0.29, 0.717) is 5.75 Å². The lowest BCUT2D eigenvalue weighted by Gasteiger charge is -2.17. The molecule has 1 atom stereocenters. The molecule has 8 nitrogen and oxygen atoms in total. The molecule has 0 fully saturated rings. The first-order valence-electron chi connectivity index (χ1n) is 7.15. The molecule has 0 saturated heterocycles.